The fourth-order valence-corrected chi connectivity index (χ4v) is 1.02. The van der Waals surface area contributed by atoms with E-state index in [0.717, 1.165) is 6.29 Å². The molecule has 1 aromatic heterocycles. The molecule has 0 aliphatic heterocycles. The number of hydrogen-bond donors (Lipinski definition) is 1. The second kappa shape index (κ2) is 3.69. The van der Waals surface area contributed by atoms with Gasteiger partial charge in [-0.1, -0.05) is 12.1 Å². The molecule has 0 unspecified atom stereocenters. The zero-order valence-electron chi connectivity index (χ0n) is 7.18. The van der Waals surface area contributed by atoms with Crippen molar-refractivity contribution in [1.29, 1.82) is 0 Å². The van der Waals surface area contributed by atoms with Gasteiger partial charge in [-0.25, -0.2) is 0 Å². The predicted molar refractivity (Wildman–Crippen MR) is 48.3 cm³/mol. The molecule has 1 N–H and O–H groups in total. The van der Waals surface area contributed by atoms with Gasteiger partial charge in [-0.05, 0) is 12.1 Å². The molecule has 0 amide bonds. The SMILES string of the molecule is O=Cc1ccccc1Oc1cn[nH]n1. The van der Waals surface area contributed by atoms with E-state index in [1.54, 1.807) is 24.3 Å². The summed E-state index contributed by atoms with van der Waals surface area (Å²) in [6.45, 7) is 0. The second-order valence-corrected chi connectivity index (χ2v) is 2.57. The van der Waals surface area contributed by atoms with E-state index in [4.69, 9.17) is 4.74 Å². The third-order valence-corrected chi connectivity index (χ3v) is 1.65. The van der Waals surface area contributed by atoms with Crippen molar-refractivity contribution in [1.82, 2.24) is 15.4 Å². The van der Waals surface area contributed by atoms with Crippen LogP contribution in [0.3, 0.4) is 0 Å². The first-order valence-electron chi connectivity index (χ1n) is 3.98. The van der Waals surface area contributed by atoms with Crippen LogP contribution in [0.1, 0.15) is 10.4 Å². The van der Waals surface area contributed by atoms with Crippen LogP contribution in [0.15, 0.2) is 30.5 Å². The van der Waals surface area contributed by atoms with Crippen LogP contribution in [-0.4, -0.2) is 21.7 Å². The fourth-order valence-electron chi connectivity index (χ4n) is 1.02. The minimum Gasteiger partial charge on any atom is -0.436 e. The van der Waals surface area contributed by atoms with E-state index >= 15 is 0 Å². The molecule has 0 fully saturated rings. The monoisotopic (exact) mass is 189 g/mol. The first-order valence-corrected chi connectivity index (χ1v) is 3.98. The Morgan fingerprint density at radius 3 is 2.93 bits per heavy atom. The summed E-state index contributed by atoms with van der Waals surface area (Å²) in [6, 6.07) is 6.91. The van der Waals surface area contributed by atoms with Crippen LogP contribution in [0, 0.1) is 0 Å². The van der Waals surface area contributed by atoms with Gasteiger partial charge in [-0.15, -0.1) is 5.10 Å². The quantitative estimate of drug-likeness (QED) is 0.741. The Bertz CT molecular complexity index is 425. The van der Waals surface area contributed by atoms with Crippen LogP contribution in [0.5, 0.6) is 11.6 Å². The highest BCUT2D eigenvalue weighted by atomic mass is 16.5. The largest absolute Gasteiger partial charge is 0.436 e. The zero-order valence-corrected chi connectivity index (χ0v) is 7.18. The van der Waals surface area contributed by atoms with Crippen molar-refractivity contribution in [3.63, 3.8) is 0 Å². The first-order chi connectivity index (χ1) is 6.90. The molecule has 5 nitrogen and oxygen atoms in total. The van der Waals surface area contributed by atoms with Gasteiger partial charge < -0.3 is 4.74 Å². The Labute approximate surface area is 79.7 Å². The molecule has 1 heterocycles. The van der Waals surface area contributed by atoms with Crippen LogP contribution >= 0.6 is 0 Å². The average molecular weight is 189 g/mol. The molecule has 0 aliphatic carbocycles. The maximum Gasteiger partial charge on any atom is 0.258 e. The summed E-state index contributed by atoms with van der Waals surface area (Å²) in [5.41, 5.74) is 0.482. The molecule has 2 aromatic rings. The third kappa shape index (κ3) is 1.61. The molecule has 0 aliphatic rings. The summed E-state index contributed by atoms with van der Waals surface area (Å²) in [4.78, 5) is 10.6. The van der Waals surface area contributed by atoms with E-state index in [9.17, 15) is 4.79 Å². The zero-order chi connectivity index (χ0) is 9.80. The van der Waals surface area contributed by atoms with Crippen LogP contribution in [0.4, 0.5) is 0 Å². The molecule has 0 radical (unpaired) electrons. The van der Waals surface area contributed by atoms with Crippen molar-refractivity contribution < 1.29 is 9.53 Å². The Kier molecular flexibility index (Phi) is 2.22. The van der Waals surface area contributed by atoms with Crippen LogP contribution in [0.2, 0.25) is 0 Å². The van der Waals surface area contributed by atoms with Gasteiger partial charge in [-0.3, -0.25) is 4.79 Å². The number of aldehydes is 1. The normalized spacial score (nSPS) is 9.71. The van der Waals surface area contributed by atoms with E-state index in [1.807, 2.05) is 0 Å². The number of aromatic amines is 1. The predicted octanol–water partition coefficient (Wildman–Crippen LogP) is 1.41. The smallest absolute Gasteiger partial charge is 0.258 e. The van der Waals surface area contributed by atoms with Gasteiger partial charge in [0.25, 0.3) is 5.88 Å². The molecule has 5 heteroatoms. The topological polar surface area (TPSA) is 67.9 Å². The Morgan fingerprint density at radius 1 is 1.36 bits per heavy atom. The third-order valence-electron chi connectivity index (χ3n) is 1.65. The molecule has 0 atom stereocenters. The highest BCUT2D eigenvalue weighted by molar-refractivity contribution is 5.79. The number of para-hydroxylation sites is 1. The van der Waals surface area contributed by atoms with E-state index in [0.29, 0.717) is 17.2 Å². The summed E-state index contributed by atoms with van der Waals surface area (Å²) in [7, 11) is 0. The molecule has 1 aromatic carbocycles. The van der Waals surface area contributed by atoms with Crippen molar-refractivity contribution in [3.8, 4) is 11.6 Å². The number of carbonyl (C=O) groups is 1. The van der Waals surface area contributed by atoms with Gasteiger partial charge in [0.15, 0.2) is 6.29 Å². The highest BCUT2D eigenvalue weighted by Gasteiger charge is 2.03. The van der Waals surface area contributed by atoms with E-state index in [1.165, 1.54) is 6.20 Å². The van der Waals surface area contributed by atoms with Crippen molar-refractivity contribution in [2.24, 2.45) is 0 Å². The number of carbonyl (C=O) groups excluding carboxylic acids is 1. The van der Waals surface area contributed by atoms with E-state index in [-0.39, 0.29) is 0 Å². The number of H-pyrrole nitrogens is 1. The summed E-state index contributed by atoms with van der Waals surface area (Å²) in [5.74, 6) is 0.802. The minimum atomic E-state index is 0.333. The van der Waals surface area contributed by atoms with Crippen molar-refractivity contribution in [3.05, 3.63) is 36.0 Å². The number of nitrogens with one attached hydrogen (secondary N) is 1. The number of aromatic nitrogens is 3. The lowest BCUT2D eigenvalue weighted by molar-refractivity contribution is 0.112. The number of hydrogen-bond acceptors (Lipinski definition) is 4. The van der Waals surface area contributed by atoms with Gasteiger partial charge in [0, 0.05) is 0 Å². The summed E-state index contributed by atoms with van der Waals surface area (Å²) in [6.07, 6.45) is 2.16. The molecule has 0 spiro atoms. The molecular weight excluding hydrogens is 182 g/mol. The maximum atomic E-state index is 10.6. The molecule has 0 saturated carbocycles. The second-order valence-electron chi connectivity index (χ2n) is 2.57. The number of ether oxygens (including phenoxy) is 1. The summed E-state index contributed by atoms with van der Waals surface area (Å²) < 4.78 is 5.30. The first kappa shape index (κ1) is 8.43. The van der Waals surface area contributed by atoms with Gasteiger partial charge in [0.2, 0.25) is 0 Å². The lowest BCUT2D eigenvalue weighted by Crippen LogP contribution is -1.89. The van der Waals surface area contributed by atoms with Crippen molar-refractivity contribution in [2.75, 3.05) is 0 Å². The van der Waals surface area contributed by atoms with Gasteiger partial charge in [0.1, 0.15) is 11.9 Å². The summed E-state index contributed by atoms with van der Waals surface area (Å²) >= 11 is 0. The van der Waals surface area contributed by atoms with Crippen molar-refractivity contribution in [2.45, 2.75) is 0 Å². The fraction of sp³-hybridized carbons (Fsp3) is 0. The van der Waals surface area contributed by atoms with E-state index < -0.39 is 0 Å². The number of rotatable bonds is 3. The average Bonchev–Trinajstić information content (AvgIpc) is 2.71. The Balaban J connectivity index is 2.28. The Hall–Kier alpha value is -2.17. The Morgan fingerprint density at radius 2 is 2.21 bits per heavy atom. The molecule has 14 heavy (non-hydrogen) atoms. The molecule has 70 valence electrons. The van der Waals surface area contributed by atoms with Crippen LogP contribution in [-0.2, 0) is 0 Å². The lowest BCUT2D eigenvalue weighted by atomic mass is 10.2. The van der Waals surface area contributed by atoms with Crippen LogP contribution in [0.25, 0.3) is 0 Å². The minimum absolute atomic E-state index is 0.333. The summed E-state index contributed by atoms with van der Waals surface area (Å²) in [5, 5.41) is 9.71. The number of benzene rings is 1. The number of nitrogens with zero attached hydrogens (tertiary/aromatic N) is 2. The molecule has 0 saturated heterocycles. The molecular formula is C9H7N3O2. The lowest BCUT2D eigenvalue weighted by Gasteiger charge is -2.02. The highest BCUT2D eigenvalue weighted by Crippen LogP contribution is 2.21. The van der Waals surface area contributed by atoms with Gasteiger partial charge in [0.05, 0.1) is 5.56 Å². The standard InChI is InChI=1S/C9H7N3O2/c13-6-7-3-1-2-4-8(7)14-9-5-10-12-11-9/h1-6H,(H,10,11,12). The van der Waals surface area contributed by atoms with E-state index in [2.05, 4.69) is 15.4 Å². The molecule has 2 rings (SSSR count). The van der Waals surface area contributed by atoms with Gasteiger partial charge in [-0.2, -0.15) is 10.3 Å². The van der Waals surface area contributed by atoms with Gasteiger partial charge >= 0.3 is 0 Å². The maximum absolute atomic E-state index is 10.6. The van der Waals surface area contributed by atoms with Crippen molar-refractivity contribution >= 4 is 6.29 Å². The molecule has 0 bridgehead atoms. The van der Waals surface area contributed by atoms with Crippen LogP contribution < -0.4 is 4.74 Å².